The standard InChI is InChI=1S/C10H14N4O2/c1-2-5-12-10(15)8-4-3-7(6-13-8)9(11)14-16/h3-4,6,16H,2,5H2,1H3,(H2,11,14)(H,12,15). The minimum atomic E-state index is -0.229. The Kier molecular flexibility index (Phi) is 4.26. The van der Waals surface area contributed by atoms with Crippen molar-refractivity contribution in [3.8, 4) is 0 Å². The maximum absolute atomic E-state index is 11.5. The first-order chi connectivity index (χ1) is 7.69. The number of nitrogens with two attached hydrogens (primary N) is 1. The van der Waals surface area contributed by atoms with Crippen molar-refractivity contribution in [2.45, 2.75) is 13.3 Å². The average Bonchev–Trinajstić information content (AvgIpc) is 2.35. The van der Waals surface area contributed by atoms with Crippen molar-refractivity contribution in [3.05, 3.63) is 29.6 Å². The van der Waals surface area contributed by atoms with Gasteiger partial charge in [0.05, 0.1) is 0 Å². The summed E-state index contributed by atoms with van der Waals surface area (Å²) in [4.78, 5) is 15.4. The molecule has 4 N–H and O–H groups in total. The normalized spacial score (nSPS) is 11.2. The molecule has 1 heterocycles. The van der Waals surface area contributed by atoms with E-state index in [1.807, 2.05) is 6.92 Å². The number of carbonyl (C=O) groups is 1. The van der Waals surface area contributed by atoms with E-state index in [1.165, 1.54) is 12.3 Å². The average molecular weight is 222 g/mol. The van der Waals surface area contributed by atoms with Gasteiger partial charge < -0.3 is 16.3 Å². The molecule has 0 aliphatic heterocycles. The van der Waals surface area contributed by atoms with Crippen molar-refractivity contribution >= 4 is 11.7 Å². The van der Waals surface area contributed by atoms with Crippen LogP contribution in [0.2, 0.25) is 0 Å². The second-order valence-corrected chi connectivity index (χ2v) is 3.17. The Hall–Kier alpha value is -2.11. The van der Waals surface area contributed by atoms with Gasteiger partial charge in [0.2, 0.25) is 0 Å². The zero-order valence-electron chi connectivity index (χ0n) is 8.97. The van der Waals surface area contributed by atoms with Crippen LogP contribution in [0.3, 0.4) is 0 Å². The highest BCUT2D eigenvalue weighted by atomic mass is 16.4. The molecule has 0 atom stereocenters. The molecule has 0 radical (unpaired) electrons. The van der Waals surface area contributed by atoms with E-state index in [0.717, 1.165) is 6.42 Å². The third-order valence-electron chi connectivity index (χ3n) is 1.94. The number of amides is 1. The maximum Gasteiger partial charge on any atom is 0.269 e. The topological polar surface area (TPSA) is 101 Å². The molecule has 0 aliphatic rings. The number of hydrogen-bond acceptors (Lipinski definition) is 4. The van der Waals surface area contributed by atoms with E-state index in [4.69, 9.17) is 10.9 Å². The van der Waals surface area contributed by atoms with E-state index >= 15 is 0 Å². The number of nitrogens with one attached hydrogen (secondary N) is 1. The summed E-state index contributed by atoms with van der Waals surface area (Å²) >= 11 is 0. The molecule has 16 heavy (non-hydrogen) atoms. The van der Waals surface area contributed by atoms with Crippen LogP contribution in [-0.4, -0.2) is 28.5 Å². The molecule has 0 aliphatic carbocycles. The van der Waals surface area contributed by atoms with Crippen molar-refractivity contribution in [3.63, 3.8) is 0 Å². The van der Waals surface area contributed by atoms with Crippen molar-refractivity contribution < 1.29 is 10.0 Å². The lowest BCUT2D eigenvalue weighted by Gasteiger charge is -2.03. The quantitative estimate of drug-likeness (QED) is 0.295. The summed E-state index contributed by atoms with van der Waals surface area (Å²) < 4.78 is 0. The summed E-state index contributed by atoms with van der Waals surface area (Å²) in [6.45, 7) is 2.58. The highest BCUT2D eigenvalue weighted by Crippen LogP contribution is 2.00. The Balaban J connectivity index is 2.75. The number of oxime groups is 1. The minimum Gasteiger partial charge on any atom is -0.409 e. The van der Waals surface area contributed by atoms with E-state index in [2.05, 4.69) is 15.5 Å². The monoisotopic (exact) mass is 222 g/mol. The summed E-state index contributed by atoms with van der Waals surface area (Å²) in [6.07, 6.45) is 2.25. The Bertz CT molecular complexity index is 386. The fraction of sp³-hybridized carbons (Fsp3) is 0.300. The lowest BCUT2D eigenvalue weighted by Crippen LogP contribution is -2.25. The number of nitrogens with zero attached hydrogens (tertiary/aromatic N) is 2. The summed E-state index contributed by atoms with van der Waals surface area (Å²) in [5.41, 5.74) is 6.14. The first-order valence-electron chi connectivity index (χ1n) is 4.91. The van der Waals surface area contributed by atoms with Crippen LogP contribution in [0.4, 0.5) is 0 Å². The molecule has 6 nitrogen and oxygen atoms in total. The van der Waals surface area contributed by atoms with Crippen LogP contribution in [0.15, 0.2) is 23.5 Å². The van der Waals surface area contributed by atoms with E-state index in [9.17, 15) is 4.79 Å². The third kappa shape index (κ3) is 2.94. The molecule has 0 spiro atoms. The molecule has 0 saturated heterocycles. The number of amidine groups is 1. The zero-order chi connectivity index (χ0) is 12.0. The smallest absolute Gasteiger partial charge is 0.269 e. The fourth-order valence-electron chi connectivity index (χ4n) is 1.07. The molecular formula is C10H14N4O2. The van der Waals surface area contributed by atoms with Gasteiger partial charge in [-0.2, -0.15) is 0 Å². The van der Waals surface area contributed by atoms with E-state index < -0.39 is 0 Å². The van der Waals surface area contributed by atoms with Gasteiger partial charge in [0.15, 0.2) is 5.84 Å². The van der Waals surface area contributed by atoms with Crippen molar-refractivity contribution in [2.24, 2.45) is 10.9 Å². The van der Waals surface area contributed by atoms with Crippen LogP contribution in [0.25, 0.3) is 0 Å². The number of pyridine rings is 1. The second kappa shape index (κ2) is 5.69. The first-order valence-corrected chi connectivity index (χ1v) is 4.91. The Morgan fingerprint density at radius 1 is 1.62 bits per heavy atom. The minimum absolute atomic E-state index is 0.0342. The van der Waals surface area contributed by atoms with Gasteiger partial charge in [-0.25, -0.2) is 0 Å². The Morgan fingerprint density at radius 3 is 2.88 bits per heavy atom. The highest BCUT2D eigenvalue weighted by Gasteiger charge is 2.06. The van der Waals surface area contributed by atoms with Gasteiger partial charge in [-0.15, -0.1) is 0 Å². The predicted molar refractivity (Wildman–Crippen MR) is 59.4 cm³/mol. The Labute approximate surface area is 93.2 Å². The lowest BCUT2D eigenvalue weighted by molar-refractivity contribution is 0.0948. The molecule has 6 heteroatoms. The van der Waals surface area contributed by atoms with Gasteiger partial charge in [-0.1, -0.05) is 12.1 Å². The fourth-order valence-corrected chi connectivity index (χ4v) is 1.07. The van der Waals surface area contributed by atoms with Gasteiger partial charge in [0.25, 0.3) is 5.91 Å². The summed E-state index contributed by atoms with van der Waals surface area (Å²) in [6, 6.07) is 3.10. The lowest BCUT2D eigenvalue weighted by atomic mass is 10.2. The second-order valence-electron chi connectivity index (χ2n) is 3.17. The molecule has 0 fully saturated rings. The van der Waals surface area contributed by atoms with Gasteiger partial charge >= 0.3 is 0 Å². The van der Waals surface area contributed by atoms with Crippen molar-refractivity contribution in [1.29, 1.82) is 0 Å². The van der Waals surface area contributed by atoms with Gasteiger partial charge in [-0.3, -0.25) is 9.78 Å². The summed E-state index contributed by atoms with van der Waals surface area (Å²) in [7, 11) is 0. The van der Waals surface area contributed by atoms with Crippen LogP contribution in [0.1, 0.15) is 29.4 Å². The van der Waals surface area contributed by atoms with E-state index in [0.29, 0.717) is 17.8 Å². The largest absolute Gasteiger partial charge is 0.409 e. The first kappa shape index (κ1) is 12.0. The SMILES string of the molecule is CCCNC(=O)c1ccc(C(N)=NO)cn1. The number of carbonyl (C=O) groups excluding carboxylic acids is 1. The molecule has 1 aromatic heterocycles. The van der Waals surface area contributed by atoms with Gasteiger partial charge in [0.1, 0.15) is 5.69 Å². The van der Waals surface area contributed by atoms with E-state index in [-0.39, 0.29) is 11.7 Å². The molecule has 1 rings (SSSR count). The van der Waals surface area contributed by atoms with Crippen molar-refractivity contribution in [2.75, 3.05) is 6.54 Å². The maximum atomic E-state index is 11.5. The molecule has 0 bridgehead atoms. The number of aromatic nitrogens is 1. The van der Waals surface area contributed by atoms with Crippen LogP contribution < -0.4 is 11.1 Å². The molecule has 0 aromatic carbocycles. The van der Waals surface area contributed by atoms with Crippen LogP contribution >= 0.6 is 0 Å². The van der Waals surface area contributed by atoms with Crippen LogP contribution in [0, 0.1) is 0 Å². The summed E-state index contributed by atoms with van der Waals surface area (Å²) in [5, 5.41) is 14.0. The van der Waals surface area contributed by atoms with E-state index in [1.54, 1.807) is 6.07 Å². The molecular weight excluding hydrogens is 208 g/mol. The van der Waals surface area contributed by atoms with Crippen LogP contribution in [0.5, 0.6) is 0 Å². The molecule has 1 aromatic rings. The van der Waals surface area contributed by atoms with Crippen LogP contribution in [-0.2, 0) is 0 Å². The molecule has 0 saturated carbocycles. The Morgan fingerprint density at radius 2 is 2.38 bits per heavy atom. The molecule has 1 amide bonds. The predicted octanol–water partition coefficient (Wildman–Crippen LogP) is 0.316. The molecule has 0 unspecified atom stereocenters. The molecule has 86 valence electrons. The van der Waals surface area contributed by atoms with Gasteiger partial charge in [-0.05, 0) is 18.6 Å². The third-order valence-corrected chi connectivity index (χ3v) is 1.94. The van der Waals surface area contributed by atoms with Gasteiger partial charge in [0, 0.05) is 18.3 Å². The number of hydrogen-bond donors (Lipinski definition) is 3. The zero-order valence-corrected chi connectivity index (χ0v) is 8.97. The number of rotatable bonds is 4. The summed E-state index contributed by atoms with van der Waals surface area (Å²) in [5.74, 6) is -0.263. The van der Waals surface area contributed by atoms with Crippen molar-refractivity contribution in [1.82, 2.24) is 10.3 Å². The highest BCUT2D eigenvalue weighted by molar-refractivity contribution is 5.98.